The summed E-state index contributed by atoms with van der Waals surface area (Å²) in [5, 5.41) is 22.6. The van der Waals surface area contributed by atoms with Crippen LogP contribution in [-0.2, 0) is 0 Å². The van der Waals surface area contributed by atoms with Gasteiger partial charge >= 0.3 is 0 Å². The zero-order valence-electron chi connectivity index (χ0n) is 16.1. The monoisotopic (exact) mass is 393 g/mol. The fourth-order valence-corrected chi connectivity index (χ4v) is 3.90. The van der Waals surface area contributed by atoms with E-state index in [4.69, 9.17) is 10.5 Å². The lowest BCUT2D eigenvalue weighted by Gasteiger charge is -2.34. The van der Waals surface area contributed by atoms with Gasteiger partial charge in [-0.15, -0.1) is 5.10 Å². The van der Waals surface area contributed by atoms with Gasteiger partial charge in [0.2, 0.25) is 0 Å². The predicted octanol–water partition coefficient (Wildman–Crippen LogP) is 1.57. The van der Waals surface area contributed by atoms with Gasteiger partial charge in [0, 0.05) is 36.5 Å². The molecule has 0 bridgehead atoms. The molecule has 4 aromatic rings. The second-order valence-electron chi connectivity index (χ2n) is 7.32. The van der Waals surface area contributed by atoms with Crippen molar-refractivity contribution in [3.8, 4) is 16.9 Å². The molecule has 2 atom stereocenters. The maximum atomic E-state index is 10.1. The topological polar surface area (TPSA) is 118 Å². The molecular weight excluding hydrogens is 370 g/mol. The highest BCUT2D eigenvalue weighted by atomic mass is 16.5. The second kappa shape index (κ2) is 7.02. The third kappa shape index (κ3) is 3.08. The van der Waals surface area contributed by atoms with Gasteiger partial charge in [-0.05, 0) is 31.5 Å². The van der Waals surface area contributed by atoms with Crippen LogP contribution in [0.3, 0.4) is 0 Å². The average Bonchev–Trinajstić information content (AvgIpc) is 3.31. The number of hydrogen-bond acceptors (Lipinski definition) is 7. The maximum Gasteiger partial charge on any atom is 0.178 e. The Kier molecular flexibility index (Phi) is 4.33. The van der Waals surface area contributed by atoms with Gasteiger partial charge < -0.3 is 20.5 Å². The molecule has 0 aliphatic carbocycles. The molecule has 4 aromatic heterocycles. The van der Waals surface area contributed by atoms with E-state index in [1.165, 1.54) is 0 Å². The highest BCUT2D eigenvalue weighted by Crippen LogP contribution is 2.33. The molecule has 0 unspecified atom stereocenters. The number of β-amino-alcohol motifs (C(OH)–C–C–N with tert-alkyl or cyclic N) is 1. The quantitative estimate of drug-likeness (QED) is 0.482. The Morgan fingerprint density at radius 3 is 3.00 bits per heavy atom. The number of fused-ring (bicyclic) bond motifs is 3. The number of nitrogens with zero attached hydrogens (tertiary/aromatic N) is 5. The molecule has 5 heterocycles. The Labute approximate surface area is 167 Å². The molecule has 1 fully saturated rings. The van der Waals surface area contributed by atoms with Crippen molar-refractivity contribution in [2.75, 3.05) is 24.6 Å². The van der Waals surface area contributed by atoms with E-state index in [0.29, 0.717) is 13.2 Å². The number of pyridine rings is 2. The van der Waals surface area contributed by atoms with Gasteiger partial charge in [0.1, 0.15) is 11.6 Å². The molecule has 0 aromatic carbocycles. The molecule has 0 amide bonds. The van der Waals surface area contributed by atoms with Gasteiger partial charge in [0.05, 0.1) is 36.0 Å². The summed E-state index contributed by atoms with van der Waals surface area (Å²) < 4.78 is 7.55. The maximum absolute atomic E-state index is 10.1. The van der Waals surface area contributed by atoms with Crippen LogP contribution in [-0.4, -0.2) is 61.7 Å². The first-order valence-corrected chi connectivity index (χ1v) is 9.77. The summed E-state index contributed by atoms with van der Waals surface area (Å²) in [4.78, 5) is 6.72. The third-order valence-electron chi connectivity index (χ3n) is 5.43. The molecule has 0 saturated carbocycles. The molecule has 9 heteroatoms. The smallest absolute Gasteiger partial charge is 0.178 e. The Balaban J connectivity index is 1.56. The number of H-pyrrole nitrogens is 1. The lowest BCUT2D eigenvalue weighted by molar-refractivity contribution is 0.131. The summed E-state index contributed by atoms with van der Waals surface area (Å²) in [6.07, 6.45) is 5.71. The minimum atomic E-state index is -0.533. The van der Waals surface area contributed by atoms with E-state index in [-0.39, 0.29) is 6.04 Å². The minimum Gasteiger partial charge on any atom is -0.492 e. The first-order valence-electron chi connectivity index (χ1n) is 9.77. The van der Waals surface area contributed by atoms with Crippen LogP contribution in [0.15, 0.2) is 36.8 Å². The van der Waals surface area contributed by atoms with Crippen molar-refractivity contribution in [3.63, 3.8) is 0 Å². The van der Waals surface area contributed by atoms with E-state index in [9.17, 15) is 5.11 Å². The van der Waals surface area contributed by atoms with Gasteiger partial charge in [0.25, 0.3) is 0 Å². The highest BCUT2D eigenvalue weighted by molar-refractivity contribution is 6.00. The Morgan fingerprint density at radius 1 is 1.34 bits per heavy atom. The Hall–Kier alpha value is -3.17. The lowest BCUT2D eigenvalue weighted by Crippen LogP contribution is -2.50. The number of aliphatic hydroxyl groups is 1. The normalized spacial score (nSPS) is 19.9. The Morgan fingerprint density at radius 2 is 2.24 bits per heavy atom. The van der Waals surface area contributed by atoms with Crippen molar-refractivity contribution < 1.29 is 9.84 Å². The number of rotatable bonds is 4. The van der Waals surface area contributed by atoms with E-state index < -0.39 is 6.10 Å². The van der Waals surface area contributed by atoms with Crippen LogP contribution in [0.4, 0.5) is 5.82 Å². The third-order valence-corrected chi connectivity index (χ3v) is 5.43. The number of aromatic nitrogens is 5. The van der Waals surface area contributed by atoms with Gasteiger partial charge in [-0.1, -0.05) is 0 Å². The molecule has 9 nitrogen and oxygen atoms in total. The number of nitrogens with one attached hydrogen (secondary N) is 1. The van der Waals surface area contributed by atoms with E-state index in [0.717, 1.165) is 52.2 Å². The molecule has 0 spiro atoms. The number of aliphatic hydroxyl groups excluding tert-OH is 1. The van der Waals surface area contributed by atoms with Gasteiger partial charge in [-0.3, -0.25) is 5.10 Å². The van der Waals surface area contributed by atoms with Crippen molar-refractivity contribution in [1.29, 1.82) is 0 Å². The molecular formula is C20H23N7O2. The number of hydrogen-bond donors (Lipinski definition) is 3. The number of aromatic amines is 1. The van der Waals surface area contributed by atoms with Crippen LogP contribution in [0.25, 0.3) is 27.7 Å². The molecule has 29 heavy (non-hydrogen) atoms. The van der Waals surface area contributed by atoms with Crippen molar-refractivity contribution in [1.82, 2.24) is 24.8 Å². The summed E-state index contributed by atoms with van der Waals surface area (Å²) in [5.74, 6) is 1.57. The number of nitrogens with two attached hydrogens (primary N) is 1. The van der Waals surface area contributed by atoms with Crippen LogP contribution in [0.1, 0.15) is 13.3 Å². The zero-order chi connectivity index (χ0) is 20.0. The van der Waals surface area contributed by atoms with E-state index in [1.807, 2.05) is 42.0 Å². The van der Waals surface area contributed by atoms with E-state index in [1.54, 1.807) is 6.20 Å². The van der Waals surface area contributed by atoms with E-state index >= 15 is 0 Å². The molecule has 4 N–H and O–H groups in total. The van der Waals surface area contributed by atoms with E-state index in [2.05, 4.69) is 25.2 Å². The fraction of sp³-hybridized carbons (Fsp3) is 0.350. The van der Waals surface area contributed by atoms with Crippen LogP contribution >= 0.6 is 0 Å². The summed E-state index contributed by atoms with van der Waals surface area (Å²) in [6, 6.07) is 5.85. The van der Waals surface area contributed by atoms with Crippen molar-refractivity contribution in [2.24, 2.45) is 5.73 Å². The van der Waals surface area contributed by atoms with Crippen LogP contribution in [0, 0.1) is 0 Å². The molecule has 0 radical (unpaired) electrons. The number of ether oxygens (including phenoxy) is 1. The summed E-state index contributed by atoms with van der Waals surface area (Å²) in [5.41, 5.74) is 9.51. The largest absolute Gasteiger partial charge is 0.492 e. The van der Waals surface area contributed by atoms with Crippen LogP contribution in [0.2, 0.25) is 0 Å². The average molecular weight is 393 g/mol. The summed E-state index contributed by atoms with van der Waals surface area (Å²) >= 11 is 0. The second-order valence-corrected chi connectivity index (χ2v) is 7.32. The van der Waals surface area contributed by atoms with Gasteiger partial charge in [0.15, 0.2) is 5.65 Å². The number of piperidine rings is 1. The summed E-state index contributed by atoms with van der Waals surface area (Å²) in [7, 11) is 0. The first kappa shape index (κ1) is 17.9. The fourth-order valence-electron chi connectivity index (χ4n) is 3.90. The predicted molar refractivity (Wildman–Crippen MR) is 110 cm³/mol. The van der Waals surface area contributed by atoms with Crippen LogP contribution < -0.4 is 15.4 Å². The molecule has 5 rings (SSSR count). The highest BCUT2D eigenvalue weighted by Gasteiger charge is 2.25. The number of anilines is 1. The lowest BCUT2D eigenvalue weighted by atomic mass is 10.0. The van der Waals surface area contributed by atoms with Crippen molar-refractivity contribution >= 4 is 22.4 Å². The summed E-state index contributed by atoms with van der Waals surface area (Å²) in [6.45, 7) is 3.81. The minimum absolute atomic E-state index is 0.167. The van der Waals surface area contributed by atoms with Gasteiger partial charge in [-0.25, -0.2) is 9.50 Å². The molecule has 1 aliphatic heterocycles. The Bertz CT molecular complexity index is 1150. The van der Waals surface area contributed by atoms with Crippen molar-refractivity contribution in [2.45, 2.75) is 25.5 Å². The molecule has 150 valence electrons. The van der Waals surface area contributed by atoms with Gasteiger partial charge in [-0.2, -0.15) is 5.10 Å². The van der Waals surface area contributed by atoms with Crippen molar-refractivity contribution in [3.05, 3.63) is 36.8 Å². The molecule has 1 saturated heterocycles. The molecule has 1 aliphatic rings. The SMILES string of the molecule is CCOc1cc(-c2ccc(N3CC[C@H](N)[C@@H](O)C3)nc2)c2c3cn[nH]c3nn2c1. The zero-order valence-corrected chi connectivity index (χ0v) is 16.1. The first-order chi connectivity index (χ1) is 14.1. The van der Waals surface area contributed by atoms with Crippen LogP contribution in [0.5, 0.6) is 5.75 Å². The standard InChI is InChI=1S/C20H23N7O2/c1-2-29-13-7-14(19-15-9-23-24-20(15)25-27(19)10-13)12-3-4-18(22-8-12)26-6-5-16(21)17(28)11-26/h3-4,7-10,16-17,28H,2,5-6,11,21H2,1H3,(H,24,25)/t16-,17-/m0/s1.